The molecule has 0 radical (unpaired) electrons. The van der Waals surface area contributed by atoms with Crippen LogP contribution in [-0.2, 0) is 14.3 Å². The molecule has 4 fully saturated rings. The van der Waals surface area contributed by atoms with Crippen molar-refractivity contribution < 1.29 is 32.2 Å². The highest BCUT2D eigenvalue weighted by Crippen LogP contribution is 2.41. The van der Waals surface area contributed by atoms with Crippen LogP contribution in [0.3, 0.4) is 0 Å². The maximum atomic E-state index is 15.8. The second kappa shape index (κ2) is 13.9. The minimum absolute atomic E-state index is 0.0189. The maximum absolute atomic E-state index is 15.8. The van der Waals surface area contributed by atoms with Gasteiger partial charge < -0.3 is 34.5 Å². The van der Waals surface area contributed by atoms with Gasteiger partial charge in [0.05, 0.1) is 30.2 Å². The highest BCUT2D eigenvalue weighted by atomic mass is 19.1. The van der Waals surface area contributed by atoms with Crippen LogP contribution in [0.4, 0.5) is 29.3 Å². The second-order valence-electron chi connectivity index (χ2n) is 13.4. The van der Waals surface area contributed by atoms with Crippen LogP contribution in [0.25, 0.3) is 11.0 Å². The van der Waals surface area contributed by atoms with Gasteiger partial charge in [-0.2, -0.15) is 0 Å². The average molecular weight is 669 g/mol. The van der Waals surface area contributed by atoms with Gasteiger partial charge in [-0.15, -0.1) is 0 Å². The van der Waals surface area contributed by atoms with Gasteiger partial charge in [0, 0.05) is 50.6 Å². The fourth-order valence-corrected chi connectivity index (χ4v) is 8.13. The summed E-state index contributed by atoms with van der Waals surface area (Å²) in [4.78, 5) is 39.7. The molecule has 3 atom stereocenters. The number of ether oxygens (including phenoxy) is 2. The average Bonchev–Trinajstić information content (AvgIpc) is 3.87. The number of rotatable bonds is 7. The van der Waals surface area contributed by atoms with Crippen molar-refractivity contribution in [3.8, 4) is 0 Å². The van der Waals surface area contributed by atoms with Gasteiger partial charge in [-0.25, -0.2) is 22.9 Å². The van der Waals surface area contributed by atoms with E-state index >= 15 is 13.2 Å². The smallest absolute Gasteiger partial charge is 0.407 e. The van der Waals surface area contributed by atoms with E-state index in [-0.39, 0.29) is 23.6 Å². The summed E-state index contributed by atoms with van der Waals surface area (Å²) < 4.78 is 56.9. The van der Waals surface area contributed by atoms with E-state index in [1.165, 1.54) is 25.3 Å². The molecular formula is C35H43F3N6O4. The molecule has 13 heteroatoms. The van der Waals surface area contributed by atoms with Gasteiger partial charge in [0.15, 0.2) is 11.6 Å². The van der Waals surface area contributed by atoms with Gasteiger partial charge >= 0.3 is 6.09 Å². The number of halogens is 3. The molecule has 10 nitrogen and oxygen atoms in total. The standard InChI is InChI=1S/C35H43F3N6O4/c1-47-35(46)41-31(21-9-15-48-16-10-21)34(45)44-14-6-8-30(44)33-39-27-19-23(24(36)20-28(27)40-33)29-7-5-13-43(29)22-17-25(37)32(26(38)18-22)42-11-3-2-4-12-42/h17-21,29-31H,2-16H2,1H3,(H,39,40)(H,41,46)/t29-,30+,31?/m1/s1. The van der Waals surface area contributed by atoms with Crippen molar-refractivity contribution in [3.63, 3.8) is 0 Å². The Morgan fingerprint density at radius 3 is 2.33 bits per heavy atom. The molecule has 4 saturated heterocycles. The van der Waals surface area contributed by atoms with Crippen molar-refractivity contribution in [3.05, 3.63) is 53.1 Å². The van der Waals surface area contributed by atoms with Crippen LogP contribution in [0.2, 0.25) is 0 Å². The number of alkyl carbamates (subject to hydrolysis) is 1. The van der Waals surface area contributed by atoms with Gasteiger partial charge in [0.25, 0.3) is 0 Å². The summed E-state index contributed by atoms with van der Waals surface area (Å²) in [5, 5.41) is 2.76. The van der Waals surface area contributed by atoms with Crippen LogP contribution in [0.15, 0.2) is 24.3 Å². The number of benzene rings is 2. The van der Waals surface area contributed by atoms with E-state index in [0.717, 1.165) is 32.1 Å². The van der Waals surface area contributed by atoms with Crippen LogP contribution in [0.1, 0.15) is 81.3 Å². The number of carbonyl (C=O) groups excluding carboxylic acids is 2. The predicted molar refractivity (Wildman–Crippen MR) is 174 cm³/mol. The largest absolute Gasteiger partial charge is 0.453 e. The minimum Gasteiger partial charge on any atom is -0.453 e. The summed E-state index contributed by atoms with van der Waals surface area (Å²) in [6.45, 7) is 3.34. The molecule has 2 aromatic carbocycles. The number of H-pyrrole nitrogens is 1. The number of carbonyl (C=O) groups is 2. The molecule has 3 aromatic rings. The highest BCUT2D eigenvalue weighted by Gasteiger charge is 2.40. The number of likely N-dealkylation sites (tertiary alicyclic amines) is 1. The highest BCUT2D eigenvalue weighted by molar-refractivity contribution is 5.87. The molecule has 0 spiro atoms. The van der Waals surface area contributed by atoms with E-state index in [2.05, 4.69) is 10.3 Å². The fraction of sp³-hybridized carbons (Fsp3) is 0.571. The number of imidazole rings is 1. The first-order chi connectivity index (χ1) is 23.3. The lowest BCUT2D eigenvalue weighted by Gasteiger charge is -2.34. The van der Waals surface area contributed by atoms with Gasteiger partial charge in [-0.3, -0.25) is 4.79 Å². The first-order valence-corrected chi connectivity index (χ1v) is 17.2. The van der Waals surface area contributed by atoms with Crippen LogP contribution in [-0.4, -0.2) is 79.4 Å². The first kappa shape index (κ1) is 32.5. The Morgan fingerprint density at radius 1 is 0.896 bits per heavy atom. The summed E-state index contributed by atoms with van der Waals surface area (Å²) in [6, 6.07) is 4.35. The lowest BCUT2D eigenvalue weighted by molar-refractivity contribution is -0.136. The molecule has 5 heterocycles. The molecule has 4 aliphatic heterocycles. The topological polar surface area (TPSA) is 103 Å². The zero-order valence-electron chi connectivity index (χ0n) is 27.3. The molecule has 2 amide bonds. The third-order valence-electron chi connectivity index (χ3n) is 10.5. The number of hydrogen-bond acceptors (Lipinski definition) is 7. The van der Waals surface area contributed by atoms with E-state index in [1.807, 2.05) is 4.90 Å². The molecule has 0 saturated carbocycles. The van der Waals surface area contributed by atoms with Crippen LogP contribution in [0.5, 0.6) is 0 Å². The zero-order chi connectivity index (χ0) is 33.4. The number of aromatic amines is 1. The molecule has 2 N–H and O–H groups in total. The number of anilines is 2. The monoisotopic (exact) mass is 668 g/mol. The van der Waals surface area contributed by atoms with Crippen molar-refractivity contribution in [2.24, 2.45) is 5.92 Å². The first-order valence-electron chi connectivity index (χ1n) is 17.2. The Hall–Kier alpha value is -4.00. The van der Waals surface area contributed by atoms with E-state index in [4.69, 9.17) is 14.5 Å². The fourth-order valence-electron chi connectivity index (χ4n) is 8.13. The zero-order valence-corrected chi connectivity index (χ0v) is 27.3. The second-order valence-corrected chi connectivity index (χ2v) is 13.4. The van der Waals surface area contributed by atoms with Gasteiger partial charge in [-0.05, 0) is 88.0 Å². The normalized spacial score (nSPS) is 22.8. The van der Waals surface area contributed by atoms with Crippen molar-refractivity contribution in [1.29, 1.82) is 0 Å². The van der Waals surface area contributed by atoms with Gasteiger partial charge in [0.2, 0.25) is 5.91 Å². The Morgan fingerprint density at radius 2 is 1.60 bits per heavy atom. The van der Waals surface area contributed by atoms with E-state index in [9.17, 15) is 9.59 Å². The number of aromatic nitrogens is 2. The van der Waals surface area contributed by atoms with Crippen molar-refractivity contribution in [1.82, 2.24) is 20.2 Å². The molecule has 1 aromatic heterocycles. The van der Waals surface area contributed by atoms with E-state index in [1.54, 1.807) is 15.9 Å². The molecule has 0 bridgehead atoms. The molecule has 0 aliphatic carbocycles. The molecule has 7 rings (SSSR count). The summed E-state index contributed by atoms with van der Waals surface area (Å²) in [5.74, 6) is -1.35. The number of nitrogens with one attached hydrogen (secondary N) is 2. The Balaban J connectivity index is 1.14. The van der Waals surface area contributed by atoms with Crippen LogP contribution in [0, 0.1) is 23.4 Å². The van der Waals surface area contributed by atoms with Crippen LogP contribution >= 0.6 is 0 Å². The third kappa shape index (κ3) is 6.28. The summed E-state index contributed by atoms with van der Waals surface area (Å²) in [7, 11) is 1.27. The number of hydrogen-bond donors (Lipinski definition) is 2. The molecule has 1 unspecified atom stereocenters. The number of amides is 2. The quantitative estimate of drug-likeness (QED) is 0.313. The van der Waals surface area contributed by atoms with E-state index in [0.29, 0.717) is 93.2 Å². The number of methoxy groups -OCH3 is 1. The van der Waals surface area contributed by atoms with Gasteiger partial charge in [0.1, 0.15) is 23.4 Å². The number of piperidine rings is 1. The van der Waals surface area contributed by atoms with Crippen LogP contribution < -0.4 is 15.1 Å². The van der Waals surface area contributed by atoms with Crippen molar-refractivity contribution in [2.45, 2.75) is 75.9 Å². The summed E-state index contributed by atoms with van der Waals surface area (Å²) in [6.07, 6.45) is 6.30. The van der Waals surface area contributed by atoms with Gasteiger partial charge in [-0.1, -0.05) is 0 Å². The molecule has 258 valence electrons. The SMILES string of the molecule is COC(=O)NC(C(=O)N1CCC[C@H]1c1nc2cc([C@H]3CCCN3c3cc(F)c(N4CCCCC4)c(F)c3)c(F)cc2[nH]1)C1CCOCC1. The lowest BCUT2D eigenvalue weighted by atomic mass is 9.90. The number of nitrogens with zero attached hydrogens (tertiary/aromatic N) is 4. The van der Waals surface area contributed by atoms with E-state index < -0.39 is 35.6 Å². The Labute approximate surface area is 277 Å². The molecular weight excluding hydrogens is 625 g/mol. The van der Waals surface area contributed by atoms with Crippen molar-refractivity contribution >= 4 is 34.4 Å². The minimum atomic E-state index is -0.757. The maximum Gasteiger partial charge on any atom is 0.407 e. The summed E-state index contributed by atoms with van der Waals surface area (Å²) in [5.41, 5.74) is 1.90. The predicted octanol–water partition coefficient (Wildman–Crippen LogP) is 6.13. The summed E-state index contributed by atoms with van der Waals surface area (Å²) >= 11 is 0. The third-order valence-corrected chi connectivity index (χ3v) is 10.5. The Bertz CT molecular complexity index is 1630. The van der Waals surface area contributed by atoms with Crippen molar-refractivity contribution in [2.75, 3.05) is 56.3 Å². The molecule has 4 aliphatic rings. The number of fused-ring (bicyclic) bond motifs is 1. The lowest BCUT2D eigenvalue weighted by Crippen LogP contribution is -2.53. The molecule has 48 heavy (non-hydrogen) atoms. The Kier molecular flexibility index (Phi) is 9.39.